The molecule has 0 bridgehead atoms. The molecule has 2 aromatic rings. The molecule has 25 heavy (non-hydrogen) atoms. The lowest BCUT2D eigenvalue weighted by molar-refractivity contribution is -0.117. The highest BCUT2D eigenvalue weighted by atomic mass is 35.5. The molecule has 1 unspecified atom stereocenters. The van der Waals surface area contributed by atoms with Gasteiger partial charge in [0.15, 0.2) is 0 Å². The second-order valence-electron chi connectivity index (χ2n) is 5.59. The molecule has 1 atom stereocenters. The molecular weight excluding hydrogens is 359 g/mol. The van der Waals surface area contributed by atoms with Crippen LogP contribution in [0.2, 0.25) is 5.02 Å². The summed E-state index contributed by atoms with van der Waals surface area (Å²) < 4.78 is 0. The van der Waals surface area contributed by atoms with Gasteiger partial charge in [0.2, 0.25) is 11.7 Å². The van der Waals surface area contributed by atoms with Crippen molar-refractivity contribution in [3.05, 3.63) is 77.5 Å². The predicted octanol–water partition coefficient (Wildman–Crippen LogP) is 4.50. The molecule has 0 aliphatic carbocycles. The molecule has 1 aliphatic heterocycles. The van der Waals surface area contributed by atoms with Crippen LogP contribution in [0.1, 0.15) is 16.8 Å². The Kier molecular flexibility index (Phi) is 5.02. The van der Waals surface area contributed by atoms with E-state index in [1.807, 2.05) is 18.2 Å². The minimum atomic E-state index is -1.37. The average molecular weight is 373 g/mol. The monoisotopic (exact) mass is 372 g/mol. The minimum absolute atomic E-state index is 0.00514. The third-order valence-corrected chi connectivity index (χ3v) is 4.45. The first-order chi connectivity index (χ1) is 12.0. The van der Waals surface area contributed by atoms with Gasteiger partial charge in [0.05, 0.1) is 5.71 Å². The molecule has 6 heteroatoms. The molecule has 1 heterocycles. The van der Waals surface area contributed by atoms with Crippen molar-refractivity contribution in [3.63, 3.8) is 0 Å². The Morgan fingerprint density at radius 3 is 2.40 bits per heavy atom. The minimum Gasteiger partial charge on any atom is -0.324 e. The molecule has 1 amide bonds. The first-order valence-corrected chi connectivity index (χ1v) is 8.34. The smallest absolute Gasteiger partial charge is 0.249 e. The van der Waals surface area contributed by atoms with Crippen LogP contribution in [-0.4, -0.2) is 22.3 Å². The van der Waals surface area contributed by atoms with Gasteiger partial charge in [-0.2, -0.15) is 0 Å². The maximum atomic E-state index is 12.6. The van der Waals surface area contributed by atoms with Crippen LogP contribution in [-0.2, 0) is 4.79 Å². The molecule has 0 saturated carbocycles. The molecule has 0 fully saturated rings. The number of Topliss-reactive ketones (excluding diaryl/α,β-unsaturated/α-hetero) is 1. The van der Waals surface area contributed by atoms with Gasteiger partial charge in [0, 0.05) is 28.9 Å². The number of nitrogens with zero attached hydrogens (tertiary/aromatic N) is 1. The number of nitrogens with one attached hydrogen (secondary N) is 1. The van der Waals surface area contributed by atoms with Gasteiger partial charge in [0.25, 0.3) is 0 Å². The molecule has 3 rings (SSSR count). The van der Waals surface area contributed by atoms with Crippen molar-refractivity contribution in [1.82, 2.24) is 0 Å². The molecule has 0 radical (unpaired) electrons. The van der Waals surface area contributed by atoms with Crippen molar-refractivity contribution in [2.75, 3.05) is 5.32 Å². The number of amides is 1. The number of hydrogen-bond donors (Lipinski definition) is 1. The fourth-order valence-electron chi connectivity index (χ4n) is 2.41. The summed E-state index contributed by atoms with van der Waals surface area (Å²) in [5, 5.41) is 3.29. The number of para-hydroxylation sites is 1. The number of ketones is 1. The highest BCUT2D eigenvalue weighted by Gasteiger charge is 2.38. The Morgan fingerprint density at radius 2 is 1.72 bits per heavy atom. The SMILES string of the molecule is O=C(C1=NC=CC(Cl)(C(=O)Nc2ccccc2)C1)c1ccc(Cl)cc1. The van der Waals surface area contributed by atoms with Crippen molar-refractivity contribution in [3.8, 4) is 0 Å². The first-order valence-electron chi connectivity index (χ1n) is 7.58. The molecule has 126 valence electrons. The van der Waals surface area contributed by atoms with Crippen molar-refractivity contribution in [2.45, 2.75) is 11.3 Å². The van der Waals surface area contributed by atoms with Gasteiger partial charge >= 0.3 is 0 Å². The fourth-order valence-corrected chi connectivity index (χ4v) is 2.77. The van der Waals surface area contributed by atoms with Crippen molar-refractivity contribution >= 4 is 46.3 Å². The Morgan fingerprint density at radius 1 is 1.04 bits per heavy atom. The maximum absolute atomic E-state index is 12.6. The standard InChI is InChI=1S/C19H14Cl2N2O2/c20-14-8-6-13(7-9-14)17(24)16-12-19(21,10-11-22-16)18(25)23-15-4-2-1-3-5-15/h1-11H,12H2,(H,23,25). The van der Waals surface area contributed by atoms with Crippen LogP contribution in [0.4, 0.5) is 5.69 Å². The Balaban J connectivity index is 1.76. The number of aliphatic imine (C=N–C) groups is 1. The Bertz CT molecular complexity index is 861. The number of benzene rings is 2. The van der Waals surface area contributed by atoms with Gasteiger partial charge in [-0.15, -0.1) is 11.6 Å². The fraction of sp³-hybridized carbons (Fsp3) is 0.105. The summed E-state index contributed by atoms with van der Waals surface area (Å²) >= 11 is 12.3. The summed E-state index contributed by atoms with van der Waals surface area (Å²) in [4.78, 5) is 27.9. The van der Waals surface area contributed by atoms with Gasteiger partial charge < -0.3 is 5.32 Å². The molecule has 0 aromatic heterocycles. The highest BCUT2D eigenvalue weighted by Crippen LogP contribution is 2.29. The summed E-state index contributed by atoms with van der Waals surface area (Å²) in [7, 11) is 0. The second-order valence-corrected chi connectivity index (χ2v) is 6.70. The third-order valence-electron chi connectivity index (χ3n) is 3.77. The van der Waals surface area contributed by atoms with Crippen LogP contribution < -0.4 is 5.32 Å². The summed E-state index contributed by atoms with van der Waals surface area (Å²) in [6.07, 6.45) is 2.89. The topological polar surface area (TPSA) is 58.5 Å². The van der Waals surface area contributed by atoms with Crippen LogP contribution in [0.5, 0.6) is 0 Å². The zero-order valence-electron chi connectivity index (χ0n) is 13.1. The zero-order chi connectivity index (χ0) is 17.9. The molecule has 1 aliphatic rings. The Hall–Kier alpha value is -2.43. The van der Waals surface area contributed by atoms with Crippen molar-refractivity contribution in [2.24, 2.45) is 4.99 Å². The number of rotatable bonds is 4. The lowest BCUT2D eigenvalue weighted by Gasteiger charge is -2.25. The van der Waals surface area contributed by atoms with E-state index in [9.17, 15) is 9.59 Å². The van der Waals surface area contributed by atoms with Crippen LogP contribution in [0.3, 0.4) is 0 Å². The number of carbonyl (C=O) groups is 2. The van der Waals surface area contributed by atoms with E-state index in [0.29, 0.717) is 16.3 Å². The van der Waals surface area contributed by atoms with Crippen molar-refractivity contribution < 1.29 is 9.59 Å². The lowest BCUT2D eigenvalue weighted by atomic mass is 9.93. The van der Waals surface area contributed by atoms with Crippen molar-refractivity contribution in [1.29, 1.82) is 0 Å². The molecule has 0 saturated heterocycles. The second kappa shape index (κ2) is 7.21. The Labute approximate surface area is 155 Å². The van der Waals surface area contributed by atoms with E-state index < -0.39 is 10.8 Å². The third kappa shape index (κ3) is 3.98. The van der Waals surface area contributed by atoms with Crippen LogP contribution >= 0.6 is 23.2 Å². The molecule has 0 spiro atoms. The summed E-state index contributed by atoms with van der Waals surface area (Å²) in [5.41, 5.74) is 1.30. The van der Waals surface area contributed by atoms with E-state index in [0.717, 1.165) is 0 Å². The number of hydrogen-bond acceptors (Lipinski definition) is 3. The first kappa shape index (κ1) is 17.4. The number of carbonyl (C=O) groups excluding carboxylic acids is 2. The molecule has 1 N–H and O–H groups in total. The lowest BCUT2D eigenvalue weighted by Crippen LogP contribution is -2.40. The molecule has 4 nitrogen and oxygen atoms in total. The predicted molar refractivity (Wildman–Crippen MR) is 101 cm³/mol. The van der Waals surface area contributed by atoms with E-state index >= 15 is 0 Å². The normalized spacial score (nSPS) is 19.2. The summed E-state index contributed by atoms with van der Waals surface area (Å²) in [5.74, 6) is -0.688. The van der Waals surface area contributed by atoms with E-state index in [-0.39, 0.29) is 17.9 Å². The van der Waals surface area contributed by atoms with Gasteiger partial charge in [-0.05, 0) is 42.5 Å². The van der Waals surface area contributed by atoms with Gasteiger partial charge in [0.1, 0.15) is 4.87 Å². The van der Waals surface area contributed by atoms with Gasteiger partial charge in [-0.3, -0.25) is 14.6 Å². The molecular formula is C19H14Cl2N2O2. The van der Waals surface area contributed by atoms with E-state index in [1.54, 1.807) is 36.4 Å². The highest BCUT2D eigenvalue weighted by molar-refractivity contribution is 6.50. The maximum Gasteiger partial charge on any atom is 0.249 e. The van der Waals surface area contributed by atoms with Gasteiger partial charge in [-0.25, -0.2) is 0 Å². The van der Waals surface area contributed by atoms with Gasteiger partial charge in [-0.1, -0.05) is 29.8 Å². The number of anilines is 1. The van der Waals surface area contributed by atoms with Crippen LogP contribution in [0.25, 0.3) is 0 Å². The zero-order valence-corrected chi connectivity index (χ0v) is 14.6. The van der Waals surface area contributed by atoms with Crippen LogP contribution in [0, 0.1) is 0 Å². The summed E-state index contributed by atoms with van der Waals surface area (Å²) in [6, 6.07) is 15.5. The average Bonchev–Trinajstić information content (AvgIpc) is 2.62. The van der Waals surface area contributed by atoms with E-state index in [4.69, 9.17) is 23.2 Å². The van der Waals surface area contributed by atoms with E-state index in [1.165, 1.54) is 12.3 Å². The number of alkyl halides is 1. The molecule has 2 aromatic carbocycles. The van der Waals surface area contributed by atoms with Crippen LogP contribution in [0.15, 0.2) is 71.9 Å². The quantitative estimate of drug-likeness (QED) is 0.634. The summed E-state index contributed by atoms with van der Waals surface area (Å²) in [6.45, 7) is 0. The largest absolute Gasteiger partial charge is 0.324 e. The van der Waals surface area contributed by atoms with E-state index in [2.05, 4.69) is 10.3 Å². The number of halogens is 2.